The first-order valence-corrected chi connectivity index (χ1v) is 8.80. The van der Waals surface area contributed by atoms with Crippen molar-refractivity contribution in [2.75, 3.05) is 6.26 Å². The molecule has 0 saturated heterocycles. The van der Waals surface area contributed by atoms with Gasteiger partial charge >= 0.3 is 0 Å². The van der Waals surface area contributed by atoms with Crippen LogP contribution in [0.1, 0.15) is 5.76 Å². The number of hydrogen-bond acceptors (Lipinski definition) is 6. The summed E-state index contributed by atoms with van der Waals surface area (Å²) in [4.78, 5) is 3.60. The lowest BCUT2D eigenvalue weighted by Gasteiger charge is -2.06. The fourth-order valence-electron chi connectivity index (χ4n) is 2.39. The fourth-order valence-corrected chi connectivity index (χ4v) is 3.12. The number of aliphatic hydroxyl groups excluding tert-OH is 1. The fraction of sp³-hybridized carbons (Fsp3) is 0.125. The van der Waals surface area contributed by atoms with Crippen LogP contribution >= 0.6 is 0 Å². The van der Waals surface area contributed by atoms with Gasteiger partial charge in [0.15, 0.2) is 15.6 Å². The van der Waals surface area contributed by atoms with Gasteiger partial charge in [0, 0.05) is 24.2 Å². The van der Waals surface area contributed by atoms with Crippen molar-refractivity contribution in [3.8, 4) is 22.4 Å². The molecule has 0 fully saturated rings. The number of sulfone groups is 1. The minimum Gasteiger partial charge on any atom is -0.388 e. The molecule has 0 spiro atoms. The molecule has 1 N–H and O–H groups in total. The van der Waals surface area contributed by atoms with E-state index in [4.69, 9.17) is 4.52 Å². The molecule has 0 bridgehead atoms. The highest BCUT2D eigenvalue weighted by Gasteiger charge is 2.21. The lowest BCUT2D eigenvalue weighted by molar-refractivity contribution is 0.230. The summed E-state index contributed by atoms with van der Waals surface area (Å²) in [5.41, 5.74) is 1.76. The molecule has 2 aromatic heterocycles. The zero-order chi connectivity index (χ0) is 17.3. The van der Waals surface area contributed by atoms with Crippen LogP contribution in [0.5, 0.6) is 0 Å². The monoisotopic (exact) mass is 348 g/mol. The zero-order valence-corrected chi connectivity index (χ0v) is 13.4. The third kappa shape index (κ3) is 2.93. The zero-order valence-electron chi connectivity index (χ0n) is 12.6. The molecule has 24 heavy (non-hydrogen) atoms. The summed E-state index contributed by atoms with van der Waals surface area (Å²) >= 11 is 0. The summed E-state index contributed by atoms with van der Waals surface area (Å²) in [5.74, 6) is -0.724. The van der Waals surface area contributed by atoms with Gasteiger partial charge in [-0.2, -0.15) is 0 Å². The highest BCUT2D eigenvalue weighted by molar-refractivity contribution is 7.90. The number of aromatic nitrogens is 2. The van der Waals surface area contributed by atoms with Crippen molar-refractivity contribution >= 4 is 9.84 Å². The Balaban J connectivity index is 2.20. The Kier molecular flexibility index (Phi) is 4.16. The highest BCUT2D eigenvalue weighted by atomic mass is 32.2. The summed E-state index contributed by atoms with van der Waals surface area (Å²) < 4.78 is 42.4. The Bertz CT molecular complexity index is 985. The Morgan fingerprint density at radius 1 is 1.25 bits per heavy atom. The van der Waals surface area contributed by atoms with E-state index in [1.807, 2.05) is 0 Å². The molecule has 0 aliphatic rings. The van der Waals surface area contributed by atoms with E-state index in [-0.39, 0.29) is 5.76 Å². The largest absolute Gasteiger partial charge is 0.388 e. The molecular formula is C16H13FN2O4S. The van der Waals surface area contributed by atoms with E-state index in [1.165, 1.54) is 12.1 Å². The first-order valence-electron chi connectivity index (χ1n) is 6.91. The minimum absolute atomic E-state index is 0.153. The van der Waals surface area contributed by atoms with E-state index in [0.717, 1.165) is 12.3 Å². The van der Waals surface area contributed by atoms with Crippen LogP contribution < -0.4 is 0 Å². The van der Waals surface area contributed by atoms with Crippen molar-refractivity contribution in [1.29, 1.82) is 0 Å². The normalized spacial score (nSPS) is 11.6. The first kappa shape index (κ1) is 16.3. The van der Waals surface area contributed by atoms with Crippen LogP contribution in [0.2, 0.25) is 0 Å². The number of aliphatic hydroxyl groups is 1. The number of rotatable bonds is 4. The summed E-state index contributed by atoms with van der Waals surface area (Å²) in [6, 6.07) is 7.17. The van der Waals surface area contributed by atoms with Crippen molar-refractivity contribution in [3.63, 3.8) is 0 Å². The van der Waals surface area contributed by atoms with Crippen molar-refractivity contribution in [3.05, 3.63) is 54.3 Å². The van der Waals surface area contributed by atoms with Crippen molar-refractivity contribution in [2.24, 2.45) is 0 Å². The van der Waals surface area contributed by atoms with Crippen LogP contribution in [0, 0.1) is 5.82 Å². The van der Waals surface area contributed by atoms with Crippen molar-refractivity contribution in [1.82, 2.24) is 10.1 Å². The molecule has 124 valence electrons. The molecule has 0 radical (unpaired) electrons. The van der Waals surface area contributed by atoms with Gasteiger partial charge in [0.05, 0.1) is 5.56 Å². The van der Waals surface area contributed by atoms with Crippen LogP contribution in [-0.4, -0.2) is 29.9 Å². The topological polar surface area (TPSA) is 93.3 Å². The third-order valence-electron chi connectivity index (χ3n) is 3.46. The van der Waals surface area contributed by atoms with Crippen molar-refractivity contribution < 1.29 is 22.4 Å². The number of pyridine rings is 1. The van der Waals surface area contributed by atoms with E-state index in [0.29, 0.717) is 22.4 Å². The maximum Gasteiger partial charge on any atom is 0.178 e. The molecule has 6 nitrogen and oxygen atoms in total. The number of nitrogens with zero attached hydrogens (tertiary/aromatic N) is 2. The number of benzene rings is 1. The maximum atomic E-state index is 14.2. The maximum absolute atomic E-state index is 14.2. The molecule has 1 aromatic carbocycles. The second kappa shape index (κ2) is 6.14. The summed E-state index contributed by atoms with van der Waals surface area (Å²) in [7, 11) is -3.67. The molecule has 2 heterocycles. The van der Waals surface area contributed by atoms with E-state index < -0.39 is 27.2 Å². The Morgan fingerprint density at radius 3 is 2.62 bits per heavy atom. The third-order valence-corrected chi connectivity index (χ3v) is 4.59. The van der Waals surface area contributed by atoms with Crippen LogP contribution in [0.25, 0.3) is 22.4 Å². The lowest BCUT2D eigenvalue weighted by atomic mass is 10.00. The van der Waals surface area contributed by atoms with Gasteiger partial charge in [-0.3, -0.25) is 4.98 Å². The molecule has 0 aliphatic heterocycles. The van der Waals surface area contributed by atoms with Gasteiger partial charge in [-0.25, -0.2) is 12.8 Å². The Labute approximate surface area is 137 Å². The molecule has 0 atom stereocenters. The molecule has 0 saturated carbocycles. The van der Waals surface area contributed by atoms with E-state index in [9.17, 15) is 17.9 Å². The van der Waals surface area contributed by atoms with Gasteiger partial charge in [-0.15, -0.1) is 0 Å². The van der Waals surface area contributed by atoms with Crippen LogP contribution in [-0.2, 0) is 16.4 Å². The molecular weight excluding hydrogens is 335 g/mol. The smallest absolute Gasteiger partial charge is 0.178 e. The van der Waals surface area contributed by atoms with E-state index in [2.05, 4.69) is 10.1 Å². The van der Waals surface area contributed by atoms with E-state index >= 15 is 0 Å². The van der Waals surface area contributed by atoms with Gasteiger partial charge in [0.1, 0.15) is 23.0 Å². The van der Waals surface area contributed by atoms with Gasteiger partial charge in [0.25, 0.3) is 0 Å². The molecule has 3 aromatic rings. The predicted octanol–water partition coefficient (Wildman–Crippen LogP) is 2.44. The second-order valence-corrected chi connectivity index (χ2v) is 7.13. The Hall–Kier alpha value is -2.58. The molecule has 3 rings (SSSR count). The highest BCUT2D eigenvalue weighted by Crippen LogP contribution is 2.35. The molecule has 0 amide bonds. The molecule has 0 unspecified atom stereocenters. The van der Waals surface area contributed by atoms with Crippen LogP contribution in [0.4, 0.5) is 4.39 Å². The minimum atomic E-state index is -3.67. The summed E-state index contributed by atoms with van der Waals surface area (Å²) in [5, 5.41) is 13.4. The summed E-state index contributed by atoms with van der Waals surface area (Å²) in [6.07, 6.45) is 4.09. The van der Waals surface area contributed by atoms with Crippen LogP contribution in [0.15, 0.2) is 52.1 Å². The SMILES string of the molecule is CS(=O)(=O)c1ccc(-c2c(-c3cccnc3)noc2CO)cc1F. The quantitative estimate of drug-likeness (QED) is 0.778. The first-order chi connectivity index (χ1) is 11.4. The second-order valence-electron chi connectivity index (χ2n) is 5.15. The van der Waals surface area contributed by atoms with Crippen LogP contribution in [0.3, 0.4) is 0 Å². The summed E-state index contributed by atoms with van der Waals surface area (Å²) in [6.45, 7) is -0.432. The molecule has 0 aliphatic carbocycles. The van der Waals surface area contributed by atoms with Crippen molar-refractivity contribution in [2.45, 2.75) is 11.5 Å². The predicted molar refractivity (Wildman–Crippen MR) is 84.2 cm³/mol. The number of halogens is 1. The molecule has 8 heteroatoms. The van der Waals surface area contributed by atoms with Gasteiger partial charge < -0.3 is 9.63 Å². The van der Waals surface area contributed by atoms with Gasteiger partial charge in [-0.05, 0) is 29.8 Å². The Morgan fingerprint density at radius 2 is 2.04 bits per heavy atom. The standard InChI is InChI=1S/C16H13FN2O4S/c1-24(21,22)14-5-4-10(7-12(14)17)15-13(9-20)23-19-16(15)11-3-2-6-18-8-11/h2-8,20H,9H2,1H3. The number of hydrogen-bond donors (Lipinski definition) is 1. The van der Waals surface area contributed by atoms with E-state index in [1.54, 1.807) is 24.5 Å². The lowest BCUT2D eigenvalue weighted by Crippen LogP contribution is -2.01. The average Bonchev–Trinajstić information content (AvgIpc) is 2.98. The average molecular weight is 348 g/mol. The van der Waals surface area contributed by atoms with Gasteiger partial charge in [0.2, 0.25) is 0 Å². The van der Waals surface area contributed by atoms with Gasteiger partial charge in [-0.1, -0.05) is 11.2 Å².